The van der Waals surface area contributed by atoms with Gasteiger partial charge in [-0.2, -0.15) is 10.4 Å². The third kappa shape index (κ3) is 4.37. The van der Waals surface area contributed by atoms with Crippen molar-refractivity contribution in [2.24, 2.45) is 0 Å². The Morgan fingerprint density at radius 3 is 2.89 bits per heavy atom. The first-order valence-corrected chi connectivity index (χ1v) is 11.6. The van der Waals surface area contributed by atoms with Crippen LogP contribution in [0.5, 0.6) is 11.5 Å². The van der Waals surface area contributed by atoms with E-state index in [9.17, 15) is 14.7 Å². The second-order valence-electron chi connectivity index (χ2n) is 7.54. The lowest BCUT2D eigenvalue weighted by Gasteiger charge is -2.14. The van der Waals surface area contributed by atoms with E-state index in [4.69, 9.17) is 27.0 Å². The number of ether oxygens (including phenoxy) is 2. The van der Waals surface area contributed by atoms with Crippen LogP contribution >= 0.6 is 24.0 Å². The van der Waals surface area contributed by atoms with Crippen LogP contribution in [0.25, 0.3) is 17.3 Å². The quantitative estimate of drug-likeness (QED) is 0.387. The first-order valence-electron chi connectivity index (χ1n) is 10.4. The fourth-order valence-corrected chi connectivity index (χ4v) is 4.99. The van der Waals surface area contributed by atoms with Crippen molar-refractivity contribution in [1.29, 1.82) is 5.26 Å². The van der Waals surface area contributed by atoms with Gasteiger partial charge in [0.25, 0.3) is 5.91 Å². The molecule has 9 nitrogen and oxygen atoms in total. The van der Waals surface area contributed by atoms with E-state index >= 15 is 0 Å². The molecule has 0 radical (unpaired) electrons. The van der Waals surface area contributed by atoms with E-state index in [1.165, 1.54) is 17.0 Å². The molecule has 2 aliphatic heterocycles. The zero-order valence-electron chi connectivity index (χ0n) is 18.0. The molecular weight excluding hydrogens is 488 g/mol. The maximum Gasteiger partial charge on any atom is 0.335 e. The minimum absolute atomic E-state index is 0.0596. The first-order chi connectivity index (χ1) is 16.9. The Labute approximate surface area is 209 Å². The number of nitrogens with zero attached hydrogens (tertiary/aromatic N) is 4. The van der Waals surface area contributed by atoms with Gasteiger partial charge in [0.1, 0.15) is 0 Å². The van der Waals surface area contributed by atoms with E-state index in [0.717, 1.165) is 17.3 Å². The van der Waals surface area contributed by atoms with Crippen LogP contribution in [0, 0.1) is 11.3 Å². The van der Waals surface area contributed by atoms with Crippen LogP contribution in [0.4, 0.5) is 5.69 Å². The van der Waals surface area contributed by atoms with Gasteiger partial charge in [0, 0.05) is 17.3 Å². The topological polar surface area (TPSA) is 118 Å². The summed E-state index contributed by atoms with van der Waals surface area (Å²) in [5, 5.41) is 22.9. The molecule has 2 aliphatic rings. The smallest absolute Gasteiger partial charge is 0.335 e. The van der Waals surface area contributed by atoms with Gasteiger partial charge < -0.3 is 14.6 Å². The highest BCUT2D eigenvalue weighted by atomic mass is 32.2. The van der Waals surface area contributed by atoms with Gasteiger partial charge in [0.05, 0.1) is 40.9 Å². The molecule has 1 fully saturated rings. The Balaban J connectivity index is 1.52. The highest BCUT2D eigenvalue weighted by molar-refractivity contribution is 8.27. The lowest BCUT2D eigenvalue weighted by atomic mass is 10.1. The molecule has 0 atom stereocenters. The Morgan fingerprint density at radius 1 is 1.26 bits per heavy atom. The van der Waals surface area contributed by atoms with Crippen LogP contribution in [-0.2, 0) is 11.3 Å². The average Bonchev–Trinajstić information content (AvgIpc) is 3.55. The van der Waals surface area contributed by atoms with Crippen molar-refractivity contribution in [1.82, 2.24) is 9.78 Å². The molecule has 1 amide bonds. The van der Waals surface area contributed by atoms with Gasteiger partial charge in [-0.05, 0) is 42.5 Å². The second-order valence-corrected chi connectivity index (χ2v) is 9.22. The van der Waals surface area contributed by atoms with Crippen molar-refractivity contribution in [3.05, 3.63) is 64.7 Å². The molecule has 35 heavy (non-hydrogen) atoms. The van der Waals surface area contributed by atoms with E-state index in [-0.39, 0.29) is 24.7 Å². The van der Waals surface area contributed by atoms with Crippen LogP contribution in [-0.4, -0.2) is 37.9 Å². The minimum atomic E-state index is -1.09. The molecular formula is C24H16N4O5S2. The average molecular weight is 505 g/mol. The van der Waals surface area contributed by atoms with Crippen molar-refractivity contribution in [2.75, 3.05) is 11.7 Å². The third-order valence-corrected chi connectivity index (χ3v) is 6.62. The van der Waals surface area contributed by atoms with E-state index < -0.39 is 5.97 Å². The summed E-state index contributed by atoms with van der Waals surface area (Å²) in [7, 11) is 0. The molecule has 2 aromatic carbocycles. The van der Waals surface area contributed by atoms with Crippen LogP contribution in [0.2, 0.25) is 0 Å². The van der Waals surface area contributed by atoms with Gasteiger partial charge in [0.2, 0.25) is 6.79 Å². The summed E-state index contributed by atoms with van der Waals surface area (Å²) in [6, 6.07) is 13.6. The molecule has 1 N–H and O–H groups in total. The van der Waals surface area contributed by atoms with E-state index in [1.807, 2.05) is 12.1 Å². The molecule has 0 saturated carbocycles. The third-order valence-electron chi connectivity index (χ3n) is 5.32. The van der Waals surface area contributed by atoms with E-state index in [2.05, 4.69) is 11.2 Å². The highest BCUT2D eigenvalue weighted by Gasteiger charge is 2.34. The zero-order chi connectivity index (χ0) is 24.5. The van der Waals surface area contributed by atoms with Crippen molar-refractivity contribution >= 4 is 51.9 Å². The molecule has 0 spiro atoms. The SMILES string of the molecule is N#CCCn1cc(/C=C2/SC(=S)N(c3cccc(C(=O)O)c3)C2=O)c(-c2ccc3c(c2)OCO3)n1. The number of hydrogen-bond acceptors (Lipinski definition) is 8. The zero-order valence-corrected chi connectivity index (χ0v) is 19.6. The van der Waals surface area contributed by atoms with Crippen molar-refractivity contribution in [3.63, 3.8) is 0 Å². The van der Waals surface area contributed by atoms with Gasteiger partial charge in [-0.1, -0.05) is 30.0 Å². The van der Waals surface area contributed by atoms with E-state index in [1.54, 1.807) is 35.2 Å². The van der Waals surface area contributed by atoms with Crippen LogP contribution < -0.4 is 14.4 Å². The van der Waals surface area contributed by atoms with Gasteiger partial charge in [-0.3, -0.25) is 14.4 Å². The number of carboxylic acids is 1. The van der Waals surface area contributed by atoms with Gasteiger partial charge in [0.15, 0.2) is 15.8 Å². The number of anilines is 1. The van der Waals surface area contributed by atoms with Crippen molar-refractivity contribution < 1.29 is 24.2 Å². The number of hydrogen-bond donors (Lipinski definition) is 1. The number of amides is 1. The number of carboxylic acid groups (broad SMARTS) is 1. The van der Waals surface area contributed by atoms with Crippen molar-refractivity contribution in [2.45, 2.75) is 13.0 Å². The Morgan fingerprint density at radius 2 is 2.09 bits per heavy atom. The van der Waals surface area contributed by atoms with Crippen LogP contribution in [0.15, 0.2) is 53.6 Å². The van der Waals surface area contributed by atoms with E-state index in [0.29, 0.717) is 44.2 Å². The standard InChI is InChI=1S/C24H16N4O5S2/c25-7-2-8-27-12-16(21(26-27)14-5-6-18-19(10-14)33-13-32-18)11-20-22(29)28(24(34)35-20)17-4-1-3-15(9-17)23(30)31/h1,3-6,9-12H,2,8,13H2,(H,30,31)/b20-11+. The Kier molecular flexibility index (Phi) is 5.98. The highest BCUT2D eigenvalue weighted by Crippen LogP contribution is 2.39. The molecule has 11 heteroatoms. The summed E-state index contributed by atoms with van der Waals surface area (Å²) >= 11 is 6.56. The summed E-state index contributed by atoms with van der Waals surface area (Å²) in [6.07, 6.45) is 3.76. The summed E-state index contributed by atoms with van der Waals surface area (Å²) in [5.74, 6) is -0.205. The summed E-state index contributed by atoms with van der Waals surface area (Å²) in [4.78, 5) is 26.3. The number of rotatable bonds is 6. The van der Waals surface area contributed by atoms with Crippen LogP contribution in [0.3, 0.4) is 0 Å². The number of aromatic nitrogens is 2. The molecule has 3 aromatic rings. The number of thioether (sulfide) groups is 1. The number of carbonyl (C=O) groups excluding carboxylic acids is 1. The maximum atomic E-state index is 13.3. The van der Waals surface area contributed by atoms with Gasteiger partial charge >= 0.3 is 5.97 Å². The summed E-state index contributed by atoms with van der Waals surface area (Å²) < 4.78 is 12.8. The molecule has 1 aromatic heterocycles. The number of aryl methyl sites for hydroxylation is 1. The molecule has 3 heterocycles. The lowest BCUT2D eigenvalue weighted by molar-refractivity contribution is -0.113. The van der Waals surface area contributed by atoms with Crippen LogP contribution in [0.1, 0.15) is 22.3 Å². The lowest BCUT2D eigenvalue weighted by Crippen LogP contribution is -2.27. The van der Waals surface area contributed by atoms with Crippen molar-refractivity contribution in [3.8, 4) is 28.8 Å². The molecule has 1 saturated heterocycles. The summed E-state index contributed by atoms with van der Waals surface area (Å²) in [6.45, 7) is 0.540. The number of carbonyl (C=O) groups is 2. The number of nitriles is 1. The summed E-state index contributed by atoms with van der Waals surface area (Å²) in [5.41, 5.74) is 2.49. The Bertz CT molecular complexity index is 1460. The fourth-order valence-electron chi connectivity index (χ4n) is 3.70. The molecule has 0 unspecified atom stereocenters. The Hall–Kier alpha value is -4.14. The second kappa shape index (κ2) is 9.25. The number of benzene rings is 2. The molecule has 0 aliphatic carbocycles. The maximum absolute atomic E-state index is 13.3. The number of thiocarbonyl (C=S) groups is 1. The number of fused-ring (bicyclic) bond motifs is 1. The normalized spacial score (nSPS) is 15.6. The molecule has 5 rings (SSSR count). The largest absolute Gasteiger partial charge is 0.478 e. The first kappa shape index (κ1) is 22.6. The van der Waals surface area contributed by atoms with Gasteiger partial charge in [-0.25, -0.2) is 4.79 Å². The predicted octanol–water partition coefficient (Wildman–Crippen LogP) is 4.30. The molecule has 0 bridgehead atoms. The molecule has 174 valence electrons. The minimum Gasteiger partial charge on any atom is -0.478 e. The number of aromatic carboxylic acids is 1. The predicted molar refractivity (Wildman–Crippen MR) is 133 cm³/mol. The monoisotopic (exact) mass is 504 g/mol. The van der Waals surface area contributed by atoms with Gasteiger partial charge in [-0.15, -0.1) is 0 Å². The fraction of sp³-hybridized carbons (Fsp3) is 0.125.